The van der Waals surface area contributed by atoms with E-state index in [2.05, 4.69) is 9.97 Å². The number of anilines is 1. The van der Waals surface area contributed by atoms with Gasteiger partial charge in [-0.2, -0.15) is 4.98 Å². The number of benzene rings is 1. The topological polar surface area (TPSA) is 112 Å². The molecular formula is C34H38ClFN6O5. The van der Waals surface area contributed by atoms with Crippen molar-refractivity contribution >= 4 is 34.5 Å². The van der Waals surface area contributed by atoms with Crippen LogP contribution in [0.5, 0.6) is 11.5 Å². The van der Waals surface area contributed by atoms with Crippen LogP contribution in [0.1, 0.15) is 58.7 Å². The number of rotatable bonds is 4. The van der Waals surface area contributed by atoms with E-state index in [1.54, 1.807) is 17.2 Å². The van der Waals surface area contributed by atoms with Gasteiger partial charge in [-0.15, -0.1) is 0 Å². The van der Waals surface area contributed by atoms with Crippen molar-refractivity contribution in [2.24, 2.45) is 0 Å². The SMILES string of the molecule is Cc1ccnc(C(C)C)c1-n1c(=O)nc(N2CCN(C(=O)OC(C)(C)C)C[C@@H]2C)c2cc(Cl)c(-c3c(F)ccc4c3OCCO4)nc21. The molecular weight excluding hydrogens is 627 g/mol. The van der Waals surface area contributed by atoms with E-state index < -0.39 is 23.2 Å². The second-order valence-corrected chi connectivity index (χ2v) is 13.6. The van der Waals surface area contributed by atoms with Gasteiger partial charge >= 0.3 is 11.8 Å². The largest absolute Gasteiger partial charge is 0.486 e. The van der Waals surface area contributed by atoms with Gasteiger partial charge in [-0.25, -0.2) is 23.5 Å². The Balaban J connectivity index is 1.58. The highest BCUT2D eigenvalue weighted by Crippen LogP contribution is 2.44. The number of fused-ring (bicyclic) bond motifs is 2. The van der Waals surface area contributed by atoms with Crippen LogP contribution in [0.25, 0.3) is 28.0 Å². The Morgan fingerprint density at radius 1 is 1.13 bits per heavy atom. The lowest BCUT2D eigenvalue weighted by molar-refractivity contribution is 0.0218. The second-order valence-electron chi connectivity index (χ2n) is 13.2. The molecule has 3 aromatic heterocycles. The van der Waals surface area contributed by atoms with Crippen LogP contribution in [0.15, 0.2) is 35.3 Å². The van der Waals surface area contributed by atoms with E-state index in [1.165, 1.54) is 16.7 Å². The fourth-order valence-corrected chi connectivity index (χ4v) is 6.31. The van der Waals surface area contributed by atoms with Crippen LogP contribution >= 0.6 is 11.6 Å². The Labute approximate surface area is 277 Å². The van der Waals surface area contributed by atoms with Crippen molar-refractivity contribution in [3.05, 3.63) is 63.0 Å². The molecule has 0 saturated carbocycles. The van der Waals surface area contributed by atoms with Crippen LogP contribution in [-0.4, -0.2) is 75.0 Å². The number of hydrogen-bond acceptors (Lipinski definition) is 9. The average molecular weight is 665 g/mol. The van der Waals surface area contributed by atoms with Crippen molar-refractivity contribution in [1.82, 2.24) is 24.4 Å². The van der Waals surface area contributed by atoms with Crippen molar-refractivity contribution in [2.45, 2.75) is 66.0 Å². The number of ether oxygens (including phenoxy) is 3. The summed E-state index contributed by atoms with van der Waals surface area (Å²) in [4.78, 5) is 44.8. The Morgan fingerprint density at radius 3 is 2.57 bits per heavy atom. The molecule has 1 saturated heterocycles. The van der Waals surface area contributed by atoms with Gasteiger partial charge in [-0.1, -0.05) is 25.4 Å². The van der Waals surface area contributed by atoms with Gasteiger partial charge in [0.15, 0.2) is 17.1 Å². The first-order valence-electron chi connectivity index (χ1n) is 15.7. The molecule has 1 atom stereocenters. The Kier molecular flexibility index (Phi) is 8.50. The average Bonchev–Trinajstić information content (AvgIpc) is 3.00. The molecule has 6 rings (SSSR count). The third-order valence-corrected chi connectivity index (χ3v) is 8.46. The summed E-state index contributed by atoms with van der Waals surface area (Å²) in [5, 5.41) is 0.621. The van der Waals surface area contributed by atoms with Crippen LogP contribution in [0.2, 0.25) is 5.02 Å². The molecule has 1 amide bonds. The first-order chi connectivity index (χ1) is 22.2. The summed E-state index contributed by atoms with van der Waals surface area (Å²) in [6.45, 7) is 14.9. The second kappa shape index (κ2) is 12.3. The number of amides is 1. The summed E-state index contributed by atoms with van der Waals surface area (Å²) in [7, 11) is 0. The van der Waals surface area contributed by atoms with Crippen LogP contribution in [0, 0.1) is 12.7 Å². The maximum Gasteiger partial charge on any atom is 0.410 e. The lowest BCUT2D eigenvalue weighted by atomic mass is 10.0. The number of halogens is 2. The first-order valence-corrected chi connectivity index (χ1v) is 16.0. The zero-order chi connectivity index (χ0) is 33.8. The number of nitrogens with zero attached hydrogens (tertiary/aromatic N) is 6. The zero-order valence-corrected chi connectivity index (χ0v) is 28.3. The fourth-order valence-electron chi connectivity index (χ4n) is 6.06. The van der Waals surface area contributed by atoms with Gasteiger partial charge in [0.2, 0.25) is 0 Å². The van der Waals surface area contributed by atoms with Gasteiger partial charge < -0.3 is 24.0 Å². The maximum absolute atomic E-state index is 15.6. The Hall–Kier alpha value is -4.45. The van der Waals surface area contributed by atoms with E-state index in [1.807, 2.05) is 59.4 Å². The lowest BCUT2D eigenvalue weighted by Crippen LogP contribution is -2.55. The van der Waals surface area contributed by atoms with Gasteiger partial charge in [0, 0.05) is 31.9 Å². The summed E-state index contributed by atoms with van der Waals surface area (Å²) >= 11 is 6.94. The number of aromatic nitrogens is 4. The van der Waals surface area contributed by atoms with Crippen LogP contribution in [0.4, 0.5) is 15.0 Å². The molecule has 0 bridgehead atoms. The highest BCUT2D eigenvalue weighted by molar-refractivity contribution is 6.34. The molecule has 0 N–H and O–H groups in total. The summed E-state index contributed by atoms with van der Waals surface area (Å²) in [5.74, 6) is 0.295. The van der Waals surface area contributed by atoms with E-state index >= 15 is 4.39 Å². The van der Waals surface area contributed by atoms with Crippen molar-refractivity contribution in [3.8, 4) is 28.4 Å². The zero-order valence-electron chi connectivity index (χ0n) is 27.6. The van der Waals surface area contributed by atoms with Crippen LogP contribution < -0.4 is 20.1 Å². The molecule has 1 aromatic carbocycles. The third-order valence-electron chi connectivity index (χ3n) is 8.17. The van der Waals surface area contributed by atoms with Crippen molar-refractivity contribution < 1.29 is 23.4 Å². The van der Waals surface area contributed by atoms with Crippen molar-refractivity contribution in [1.29, 1.82) is 0 Å². The number of hydrogen-bond donors (Lipinski definition) is 0. The number of pyridine rings is 2. The minimum atomic E-state index is -0.631. The molecule has 5 heterocycles. The molecule has 248 valence electrons. The van der Waals surface area contributed by atoms with Gasteiger partial charge in [0.25, 0.3) is 0 Å². The minimum absolute atomic E-state index is 0.0385. The molecule has 0 radical (unpaired) electrons. The Bertz CT molecular complexity index is 1940. The molecule has 47 heavy (non-hydrogen) atoms. The normalized spacial score (nSPS) is 16.6. The van der Waals surface area contributed by atoms with E-state index in [-0.39, 0.29) is 46.2 Å². The molecule has 1 fully saturated rings. The summed E-state index contributed by atoms with van der Waals surface area (Å²) in [6, 6.07) is 6.03. The van der Waals surface area contributed by atoms with Gasteiger partial charge in [-0.05, 0) is 70.4 Å². The van der Waals surface area contributed by atoms with Crippen molar-refractivity contribution in [2.75, 3.05) is 37.7 Å². The standard InChI is InChI=1S/C34H38ClFN6O5/c1-18(2)26-28(19(3)10-11-37-26)42-31-21(16-22(35)27(38-31)25-23(36)8-9-24-29(25)46-15-14-45-24)30(39-32(42)43)41-13-12-40(17-20(41)4)33(44)47-34(5,6)7/h8-11,16,18,20H,12-15,17H2,1-7H3/t20-/m0/s1. The number of piperazine rings is 1. The predicted octanol–water partition coefficient (Wildman–Crippen LogP) is 6.28. The van der Waals surface area contributed by atoms with Gasteiger partial charge in [-0.3, -0.25) is 4.98 Å². The summed E-state index contributed by atoms with van der Waals surface area (Å²) in [6.07, 6.45) is 1.30. The monoisotopic (exact) mass is 664 g/mol. The van der Waals surface area contributed by atoms with Gasteiger partial charge in [0.1, 0.15) is 30.4 Å². The molecule has 0 spiro atoms. The van der Waals surface area contributed by atoms with Crippen LogP contribution in [-0.2, 0) is 4.74 Å². The molecule has 2 aliphatic rings. The van der Waals surface area contributed by atoms with E-state index in [0.29, 0.717) is 54.6 Å². The highest BCUT2D eigenvalue weighted by Gasteiger charge is 2.33. The Morgan fingerprint density at radius 2 is 1.87 bits per heavy atom. The fraction of sp³-hybridized carbons (Fsp3) is 0.441. The number of carbonyl (C=O) groups is 1. The minimum Gasteiger partial charge on any atom is -0.486 e. The van der Waals surface area contributed by atoms with Crippen molar-refractivity contribution in [3.63, 3.8) is 0 Å². The first kappa shape index (κ1) is 32.5. The number of carbonyl (C=O) groups excluding carboxylic acids is 1. The lowest BCUT2D eigenvalue weighted by Gasteiger charge is -2.41. The van der Waals surface area contributed by atoms with E-state index in [9.17, 15) is 9.59 Å². The van der Waals surface area contributed by atoms with Crippen LogP contribution in [0.3, 0.4) is 0 Å². The smallest absolute Gasteiger partial charge is 0.410 e. The molecule has 4 aromatic rings. The van der Waals surface area contributed by atoms with Gasteiger partial charge in [0.05, 0.1) is 33.0 Å². The quantitative estimate of drug-likeness (QED) is 0.249. The molecule has 13 heteroatoms. The molecule has 0 aliphatic carbocycles. The molecule has 0 unspecified atom stereocenters. The third kappa shape index (κ3) is 6.06. The highest BCUT2D eigenvalue weighted by atomic mass is 35.5. The summed E-state index contributed by atoms with van der Waals surface area (Å²) in [5.41, 5.74) is 1.18. The summed E-state index contributed by atoms with van der Waals surface area (Å²) < 4.78 is 34.2. The number of aryl methyl sites for hydroxylation is 1. The van der Waals surface area contributed by atoms with E-state index in [0.717, 1.165) is 5.56 Å². The van der Waals surface area contributed by atoms with E-state index in [4.69, 9.17) is 30.8 Å². The molecule has 11 nitrogen and oxygen atoms in total. The predicted molar refractivity (Wildman–Crippen MR) is 178 cm³/mol. The molecule has 2 aliphatic heterocycles. The maximum atomic E-state index is 15.6.